The molecule has 0 atom stereocenters. The lowest BCUT2D eigenvalue weighted by atomic mass is 10.0. The predicted octanol–water partition coefficient (Wildman–Crippen LogP) is 5.29. The third-order valence-corrected chi connectivity index (χ3v) is 6.55. The fourth-order valence-electron chi connectivity index (χ4n) is 2.46. The second kappa shape index (κ2) is 6.70. The van der Waals surface area contributed by atoms with Gasteiger partial charge in [0.15, 0.2) is 9.84 Å². The van der Waals surface area contributed by atoms with Gasteiger partial charge in [-0.05, 0) is 57.4 Å². The number of benzene rings is 2. The van der Waals surface area contributed by atoms with Crippen LogP contribution in [0, 0.1) is 0 Å². The molecule has 0 radical (unpaired) electrons. The Morgan fingerprint density at radius 3 is 2.08 bits per heavy atom. The number of halogens is 1. The zero-order valence-electron chi connectivity index (χ0n) is 13.2. The number of sulfone groups is 1. The van der Waals surface area contributed by atoms with Crippen LogP contribution in [0.1, 0.15) is 0 Å². The summed E-state index contributed by atoms with van der Waals surface area (Å²) in [4.78, 5) is 1.48. The maximum Gasteiger partial charge on any atom is 0.175 e. The number of thiophene rings is 1. The molecule has 1 N–H and O–H groups in total. The van der Waals surface area contributed by atoms with Gasteiger partial charge in [0, 0.05) is 29.4 Å². The maximum absolute atomic E-state index is 11.6. The SMILES string of the molecule is CNc1ccc(-c2sc(Br)cc2-c2ccc(S(C)(=O)=O)cc2)cc1. The summed E-state index contributed by atoms with van der Waals surface area (Å²) in [7, 11) is -1.29. The van der Waals surface area contributed by atoms with E-state index in [1.807, 2.05) is 31.3 Å². The highest BCUT2D eigenvalue weighted by molar-refractivity contribution is 9.11. The number of hydrogen-bond acceptors (Lipinski definition) is 4. The van der Waals surface area contributed by atoms with Gasteiger partial charge in [-0.25, -0.2) is 8.42 Å². The van der Waals surface area contributed by atoms with Crippen LogP contribution in [0.3, 0.4) is 0 Å². The van der Waals surface area contributed by atoms with Gasteiger partial charge in [-0.3, -0.25) is 0 Å². The summed E-state index contributed by atoms with van der Waals surface area (Å²) < 4.78 is 24.3. The Hall–Kier alpha value is -1.63. The van der Waals surface area contributed by atoms with Crippen molar-refractivity contribution < 1.29 is 8.42 Å². The molecule has 0 fully saturated rings. The van der Waals surface area contributed by atoms with E-state index < -0.39 is 9.84 Å². The third kappa shape index (κ3) is 3.55. The molecule has 0 aliphatic carbocycles. The molecule has 124 valence electrons. The summed E-state index contributed by atoms with van der Waals surface area (Å²) in [5.74, 6) is 0. The Morgan fingerprint density at radius 1 is 0.958 bits per heavy atom. The Bertz CT molecular complexity index is 959. The smallest absolute Gasteiger partial charge is 0.175 e. The van der Waals surface area contributed by atoms with E-state index in [-0.39, 0.29) is 0 Å². The minimum absolute atomic E-state index is 0.334. The van der Waals surface area contributed by atoms with Crippen LogP contribution in [0.4, 0.5) is 5.69 Å². The maximum atomic E-state index is 11.6. The van der Waals surface area contributed by atoms with Crippen LogP contribution in [-0.2, 0) is 9.84 Å². The van der Waals surface area contributed by atoms with Crippen LogP contribution >= 0.6 is 27.3 Å². The summed E-state index contributed by atoms with van der Waals surface area (Å²) in [5, 5.41) is 3.11. The molecule has 24 heavy (non-hydrogen) atoms. The molecule has 3 aromatic rings. The van der Waals surface area contributed by atoms with Gasteiger partial charge in [0.2, 0.25) is 0 Å². The van der Waals surface area contributed by atoms with E-state index in [4.69, 9.17) is 0 Å². The Labute approximate surface area is 154 Å². The van der Waals surface area contributed by atoms with Crippen molar-refractivity contribution in [2.45, 2.75) is 4.90 Å². The highest BCUT2D eigenvalue weighted by Gasteiger charge is 2.13. The van der Waals surface area contributed by atoms with E-state index in [1.54, 1.807) is 23.5 Å². The molecule has 6 heteroatoms. The lowest BCUT2D eigenvalue weighted by Gasteiger charge is -2.07. The molecule has 0 bridgehead atoms. The van der Waals surface area contributed by atoms with Crippen molar-refractivity contribution in [2.75, 3.05) is 18.6 Å². The minimum Gasteiger partial charge on any atom is -0.388 e. The molecule has 2 aromatic carbocycles. The normalized spacial score (nSPS) is 11.5. The molecule has 0 unspecified atom stereocenters. The summed E-state index contributed by atoms with van der Waals surface area (Å²) in [6.07, 6.45) is 1.22. The van der Waals surface area contributed by atoms with Gasteiger partial charge in [-0.15, -0.1) is 11.3 Å². The van der Waals surface area contributed by atoms with Crippen LogP contribution in [0.25, 0.3) is 21.6 Å². The first-order valence-electron chi connectivity index (χ1n) is 7.26. The molecule has 1 aromatic heterocycles. The Kier molecular flexibility index (Phi) is 4.80. The molecule has 3 rings (SSSR count). The molecule has 3 nitrogen and oxygen atoms in total. The standard InChI is InChI=1S/C18H16BrNO2S2/c1-20-14-7-3-13(4-8-14)18-16(11-17(19)23-18)12-5-9-15(10-6-12)24(2,21)22/h3-11,20H,1-2H3. The topological polar surface area (TPSA) is 46.2 Å². The fraction of sp³-hybridized carbons (Fsp3) is 0.111. The Balaban J connectivity index is 2.05. The highest BCUT2D eigenvalue weighted by Crippen LogP contribution is 2.41. The number of rotatable bonds is 4. The molecule has 0 amide bonds. The van der Waals surface area contributed by atoms with Crippen LogP contribution in [0.15, 0.2) is 63.3 Å². The van der Waals surface area contributed by atoms with Crippen LogP contribution in [0.5, 0.6) is 0 Å². The van der Waals surface area contributed by atoms with Crippen molar-refractivity contribution >= 4 is 42.8 Å². The second-order valence-corrected chi connectivity index (χ2v) is 9.86. The molecule has 0 spiro atoms. The summed E-state index contributed by atoms with van der Waals surface area (Å²) in [6.45, 7) is 0. The first kappa shape index (κ1) is 17.2. The van der Waals surface area contributed by atoms with Gasteiger partial charge in [0.1, 0.15) is 0 Å². The number of anilines is 1. The lowest BCUT2D eigenvalue weighted by molar-refractivity contribution is 0.602. The largest absolute Gasteiger partial charge is 0.388 e. The number of hydrogen-bond donors (Lipinski definition) is 1. The van der Waals surface area contributed by atoms with Crippen LogP contribution in [-0.4, -0.2) is 21.7 Å². The highest BCUT2D eigenvalue weighted by atomic mass is 79.9. The minimum atomic E-state index is -3.18. The van der Waals surface area contributed by atoms with E-state index in [9.17, 15) is 8.42 Å². The fourth-order valence-corrected chi connectivity index (χ4v) is 4.72. The monoisotopic (exact) mass is 421 g/mol. The van der Waals surface area contributed by atoms with E-state index in [2.05, 4.69) is 39.4 Å². The van der Waals surface area contributed by atoms with Gasteiger partial charge in [0.25, 0.3) is 0 Å². The van der Waals surface area contributed by atoms with E-state index in [1.165, 1.54) is 6.26 Å². The first-order valence-corrected chi connectivity index (χ1v) is 10.8. The molecule has 0 aliphatic heterocycles. The summed E-state index contributed by atoms with van der Waals surface area (Å²) >= 11 is 5.23. The van der Waals surface area contributed by atoms with Gasteiger partial charge >= 0.3 is 0 Å². The van der Waals surface area contributed by atoms with Crippen molar-refractivity contribution in [3.63, 3.8) is 0 Å². The van der Waals surface area contributed by atoms with Crippen molar-refractivity contribution in [2.24, 2.45) is 0 Å². The van der Waals surface area contributed by atoms with E-state index in [0.717, 1.165) is 31.0 Å². The first-order chi connectivity index (χ1) is 11.4. The van der Waals surface area contributed by atoms with Crippen molar-refractivity contribution in [3.05, 3.63) is 58.4 Å². The van der Waals surface area contributed by atoms with Gasteiger partial charge in [-0.2, -0.15) is 0 Å². The average molecular weight is 422 g/mol. The molecule has 0 saturated carbocycles. The number of nitrogens with one attached hydrogen (secondary N) is 1. The van der Waals surface area contributed by atoms with Crippen molar-refractivity contribution in [1.82, 2.24) is 0 Å². The van der Waals surface area contributed by atoms with Gasteiger partial charge < -0.3 is 5.32 Å². The lowest BCUT2D eigenvalue weighted by Crippen LogP contribution is -1.96. The van der Waals surface area contributed by atoms with E-state index >= 15 is 0 Å². The quantitative estimate of drug-likeness (QED) is 0.622. The Morgan fingerprint density at radius 2 is 1.54 bits per heavy atom. The molecule has 0 saturated heterocycles. The van der Waals surface area contributed by atoms with Crippen LogP contribution in [0.2, 0.25) is 0 Å². The molecule has 0 aliphatic rings. The van der Waals surface area contributed by atoms with Crippen molar-refractivity contribution in [1.29, 1.82) is 0 Å². The van der Waals surface area contributed by atoms with Gasteiger partial charge in [-0.1, -0.05) is 24.3 Å². The zero-order chi connectivity index (χ0) is 17.3. The van der Waals surface area contributed by atoms with Gasteiger partial charge in [0.05, 0.1) is 8.68 Å². The molecule has 1 heterocycles. The third-order valence-electron chi connectivity index (χ3n) is 3.73. The predicted molar refractivity (Wildman–Crippen MR) is 106 cm³/mol. The van der Waals surface area contributed by atoms with E-state index in [0.29, 0.717) is 4.90 Å². The van der Waals surface area contributed by atoms with Crippen molar-refractivity contribution in [3.8, 4) is 21.6 Å². The molecular weight excluding hydrogens is 406 g/mol. The average Bonchev–Trinajstić information content (AvgIpc) is 2.96. The summed E-state index contributed by atoms with van der Waals surface area (Å²) in [5.41, 5.74) is 4.28. The second-order valence-electron chi connectivity index (χ2n) is 5.42. The summed E-state index contributed by atoms with van der Waals surface area (Å²) in [6, 6.07) is 17.3. The molecular formula is C18H16BrNO2S2. The zero-order valence-corrected chi connectivity index (χ0v) is 16.4. The van der Waals surface area contributed by atoms with Crippen LogP contribution < -0.4 is 5.32 Å².